The minimum Gasteiger partial charge on any atom is -0.465 e. The maximum Gasteiger partial charge on any atom is 0.407 e. The van der Waals surface area contributed by atoms with E-state index in [1.54, 1.807) is 0 Å². The van der Waals surface area contributed by atoms with Gasteiger partial charge in [-0.25, -0.2) is 4.79 Å². The molecule has 6 heteroatoms. The maximum absolute atomic E-state index is 11.1. The van der Waals surface area contributed by atoms with E-state index in [0.29, 0.717) is 24.7 Å². The largest absolute Gasteiger partial charge is 0.465 e. The van der Waals surface area contributed by atoms with Crippen molar-refractivity contribution in [3.05, 3.63) is 36.2 Å². The Morgan fingerprint density at radius 2 is 2.15 bits per heavy atom. The number of amides is 1. The standard InChI is InChI=1S/C14H15N3O3/c18-14(19)17-8-4-7-11(17)9-12-15-16-13(20-12)10-5-2-1-3-6-10/h1-3,5-6,11H,4,7-9H2,(H,18,19). The molecule has 0 saturated carbocycles. The first-order chi connectivity index (χ1) is 9.74. The summed E-state index contributed by atoms with van der Waals surface area (Å²) in [5.74, 6) is 0.961. The van der Waals surface area contributed by atoms with Crippen LogP contribution >= 0.6 is 0 Å². The van der Waals surface area contributed by atoms with Crippen LogP contribution in [0.3, 0.4) is 0 Å². The molecule has 1 saturated heterocycles. The van der Waals surface area contributed by atoms with E-state index >= 15 is 0 Å². The summed E-state index contributed by atoms with van der Waals surface area (Å²) in [4.78, 5) is 12.5. The average Bonchev–Trinajstić information content (AvgIpc) is 3.09. The predicted molar refractivity (Wildman–Crippen MR) is 71.2 cm³/mol. The molecule has 1 aliphatic heterocycles. The Bertz CT molecular complexity index is 597. The van der Waals surface area contributed by atoms with Gasteiger partial charge < -0.3 is 14.4 Å². The van der Waals surface area contributed by atoms with Gasteiger partial charge in [0.25, 0.3) is 0 Å². The number of aromatic nitrogens is 2. The van der Waals surface area contributed by atoms with Gasteiger partial charge in [0.2, 0.25) is 11.8 Å². The van der Waals surface area contributed by atoms with Crippen LogP contribution in [0.2, 0.25) is 0 Å². The smallest absolute Gasteiger partial charge is 0.407 e. The Balaban J connectivity index is 1.73. The molecule has 1 aromatic carbocycles. The number of carboxylic acid groups (broad SMARTS) is 1. The number of hydrogen-bond donors (Lipinski definition) is 1. The first-order valence-corrected chi connectivity index (χ1v) is 6.61. The van der Waals surface area contributed by atoms with E-state index < -0.39 is 6.09 Å². The van der Waals surface area contributed by atoms with Crippen LogP contribution < -0.4 is 0 Å². The molecule has 1 N–H and O–H groups in total. The predicted octanol–water partition coefficient (Wildman–Crippen LogP) is 2.42. The van der Waals surface area contributed by atoms with Crippen molar-refractivity contribution in [3.8, 4) is 11.5 Å². The molecule has 1 aromatic heterocycles. The second-order valence-electron chi connectivity index (χ2n) is 4.84. The van der Waals surface area contributed by atoms with Gasteiger partial charge in [-0.05, 0) is 25.0 Å². The Kier molecular flexibility index (Phi) is 3.37. The zero-order valence-electron chi connectivity index (χ0n) is 10.9. The highest BCUT2D eigenvalue weighted by molar-refractivity contribution is 5.65. The van der Waals surface area contributed by atoms with Crippen molar-refractivity contribution in [1.82, 2.24) is 15.1 Å². The van der Waals surface area contributed by atoms with Crippen LogP contribution in [0.1, 0.15) is 18.7 Å². The van der Waals surface area contributed by atoms with E-state index in [-0.39, 0.29) is 6.04 Å². The molecule has 6 nitrogen and oxygen atoms in total. The fourth-order valence-corrected chi connectivity index (χ4v) is 2.53. The van der Waals surface area contributed by atoms with Gasteiger partial charge >= 0.3 is 6.09 Å². The van der Waals surface area contributed by atoms with Crippen LogP contribution in [0.5, 0.6) is 0 Å². The zero-order chi connectivity index (χ0) is 13.9. The van der Waals surface area contributed by atoms with Gasteiger partial charge in [0.15, 0.2) is 0 Å². The van der Waals surface area contributed by atoms with Crippen molar-refractivity contribution in [2.45, 2.75) is 25.3 Å². The normalized spacial score (nSPS) is 18.4. The van der Waals surface area contributed by atoms with Crippen molar-refractivity contribution < 1.29 is 14.3 Å². The zero-order valence-corrected chi connectivity index (χ0v) is 10.9. The van der Waals surface area contributed by atoms with Crippen LogP contribution in [-0.2, 0) is 6.42 Å². The van der Waals surface area contributed by atoms with E-state index in [0.717, 1.165) is 18.4 Å². The van der Waals surface area contributed by atoms with Gasteiger partial charge in [0.05, 0.1) is 0 Å². The molecular formula is C14H15N3O3. The number of hydrogen-bond acceptors (Lipinski definition) is 4. The molecule has 0 radical (unpaired) electrons. The van der Waals surface area contributed by atoms with E-state index in [9.17, 15) is 4.79 Å². The minimum absolute atomic E-state index is 0.0587. The number of carbonyl (C=O) groups is 1. The van der Waals surface area contributed by atoms with Gasteiger partial charge in [0, 0.05) is 24.6 Å². The fourth-order valence-electron chi connectivity index (χ4n) is 2.53. The molecule has 2 heterocycles. The highest BCUT2D eigenvalue weighted by Crippen LogP contribution is 2.23. The molecule has 1 aliphatic rings. The van der Waals surface area contributed by atoms with Crippen molar-refractivity contribution in [3.63, 3.8) is 0 Å². The lowest BCUT2D eigenvalue weighted by Crippen LogP contribution is -2.35. The number of nitrogens with zero attached hydrogens (tertiary/aromatic N) is 3. The van der Waals surface area contributed by atoms with Crippen LogP contribution in [-0.4, -0.2) is 38.9 Å². The minimum atomic E-state index is -0.879. The molecule has 1 fully saturated rings. The van der Waals surface area contributed by atoms with Crippen molar-refractivity contribution >= 4 is 6.09 Å². The molecule has 2 aromatic rings. The Hall–Kier alpha value is -2.37. The summed E-state index contributed by atoms with van der Waals surface area (Å²) >= 11 is 0. The molecule has 1 amide bonds. The summed E-state index contributed by atoms with van der Waals surface area (Å²) in [5, 5.41) is 17.1. The van der Waals surface area contributed by atoms with Crippen molar-refractivity contribution in [2.24, 2.45) is 0 Å². The monoisotopic (exact) mass is 273 g/mol. The van der Waals surface area contributed by atoms with Gasteiger partial charge in [-0.1, -0.05) is 18.2 Å². The molecular weight excluding hydrogens is 258 g/mol. The quantitative estimate of drug-likeness (QED) is 0.929. The highest BCUT2D eigenvalue weighted by Gasteiger charge is 2.30. The van der Waals surface area contributed by atoms with E-state index in [1.165, 1.54) is 4.90 Å². The summed E-state index contributed by atoms with van der Waals surface area (Å²) in [7, 11) is 0. The van der Waals surface area contributed by atoms with Crippen LogP contribution in [0, 0.1) is 0 Å². The highest BCUT2D eigenvalue weighted by atomic mass is 16.4. The van der Waals surface area contributed by atoms with Crippen LogP contribution in [0.25, 0.3) is 11.5 Å². The second kappa shape index (κ2) is 5.32. The Labute approximate surface area is 116 Å². The third kappa shape index (κ3) is 2.49. The molecule has 0 bridgehead atoms. The summed E-state index contributed by atoms with van der Waals surface area (Å²) in [5.41, 5.74) is 0.868. The lowest BCUT2D eigenvalue weighted by atomic mass is 10.1. The molecule has 0 spiro atoms. The second-order valence-corrected chi connectivity index (χ2v) is 4.84. The number of likely N-dealkylation sites (tertiary alicyclic amines) is 1. The van der Waals surface area contributed by atoms with Gasteiger partial charge in [0.1, 0.15) is 0 Å². The molecule has 0 aliphatic carbocycles. The summed E-state index contributed by atoms with van der Waals surface area (Å²) < 4.78 is 5.62. The van der Waals surface area contributed by atoms with Gasteiger partial charge in [-0.3, -0.25) is 0 Å². The molecule has 1 unspecified atom stereocenters. The molecule has 1 atom stereocenters. The number of benzene rings is 1. The van der Waals surface area contributed by atoms with Crippen molar-refractivity contribution in [1.29, 1.82) is 0 Å². The summed E-state index contributed by atoms with van der Waals surface area (Å²) in [6.45, 7) is 0.583. The van der Waals surface area contributed by atoms with Gasteiger partial charge in [-0.2, -0.15) is 0 Å². The first kappa shape index (κ1) is 12.7. The average molecular weight is 273 g/mol. The van der Waals surface area contributed by atoms with Crippen molar-refractivity contribution in [2.75, 3.05) is 6.54 Å². The molecule has 20 heavy (non-hydrogen) atoms. The topological polar surface area (TPSA) is 79.5 Å². The molecule has 104 valence electrons. The van der Waals surface area contributed by atoms with Crippen LogP contribution in [0.4, 0.5) is 4.79 Å². The third-order valence-electron chi connectivity index (χ3n) is 3.52. The van der Waals surface area contributed by atoms with E-state index in [4.69, 9.17) is 9.52 Å². The van der Waals surface area contributed by atoms with E-state index in [2.05, 4.69) is 10.2 Å². The Morgan fingerprint density at radius 1 is 1.35 bits per heavy atom. The summed E-state index contributed by atoms with van der Waals surface area (Å²) in [6, 6.07) is 9.47. The van der Waals surface area contributed by atoms with Gasteiger partial charge in [-0.15, -0.1) is 10.2 Å². The number of rotatable bonds is 3. The first-order valence-electron chi connectivity index (χ1n) is 6.61. The lowest BCUT2D eigenvalue weighted by Gasteiger charge is -2.19. The lowest BCUT2D eigenvalue weighted by molar-refractivity contribution is 0.138. The van der Waals surface area contributed by atoms with E-state index in [1.807, 2.05) is 30.3 Å². The maximum atomic E-state index is 11.1. The van der Waals surface area contributed by atoms with Crippen LogP contribution in [0.15, 0.2) is 34.7 Å². The molecule has 3 rings (SSSR count). The fraction of sp³-hybridized carbons (Fsp3) is 0.357. The summed E-state index contributed by atoms with van der Waals surface area (Å²) in [6.07, 6.45) is 1.33. The third-order valence-corrected chi connectivity index (χ3v) is 3.52. The SMILES string of the molecule is O=C(O)N1CCCC1Cc1nnc(-c2ccccc2)o1. The Morgan fingerprint density at radius 3 is 2.90 bits per heavy atom.